The summed E-state index contributed by atoms with van der Waals surface area (Å²) in [6.45, 7) is 6.95. The highest BCUT2D eigenvalue weighted by Crippen LogP contribution is 2.25. The van der Waals surface area contributed by atoms with Crippen molar-refractivity contribution >= 4 is 35.0 Å². The van der Waals surface area contributed by atoms with Gasteiger partial charge in [-0.2, -0.15) is 0 Å². The number of nitrogens with one attached hydrogen (secondary N) is 4. The lowest BCUT2D eigenvalue weighted by molar-refractivity contribution is -0.123. The highest BCUT2D eigenvalue weighted by atomic mass is 32.1. The second-order valence-corrected chi connectivity index (χ2v) is 12.0. The molecule has 0 aliphatic carbocycles. The van der Waals surface area contributed by atoms with E-state index in [1.54, 1.807) is 37.7 Å². The average molecular weight is 618 g/mol. The first-order valence-corrected chi connectivity index (χ1v) is 15.3. The number of aromatic amines is 1. The molecule has 0 saturated heterocycles. The monoisotopic (exact) mass is 617 g/mol. The number of aryl methyl sites for hydroxylation is 1. The van der Waals surface area contributed by atoms with E-state index in [-0.39, 0.29) is 42.2 Å². The largest absolute Gasteiger partial charge is 0.443 e. The molecule has 1 aromatic carbocycles. The highest BCUT2D eigenvalue weighted by molar-refractivity contribution is 7.09. The summed E-state index contributed by atoms with van der Waals surface area (Å²) in [4.78, 5) is 67.1. The van der Waals surface area contributed by atoms with Crippen molar-refractivity contribution in [1.82, 2.24) is 35.8 Å². The van der Waals surface area contributed by atoms with Crippen molar-refractivity contribution in [2.75, 3.05) is 13.1 Å². The fraction of sp³-hybridized carbons (Fsp3) is 0.355. The van der Waals surface area contributed by atoms with Crippen LogP contribution in [0.3, 0.4) is 0 Å². The van der Waals surface area contributed by atoms with Gasteiger partial charge in [-0.15, -0.1) is 11.3 Å². The van der Waals surface area contributed by atoms with Crippen LogP contribution in [-0.4, -0.2) is 62.6 Å². The van der Waals surface area contributed by atoms with Crippen LogP contribution < -0.4 is 16.0 Å². The van der Waals surface area contributed by atoms with Crippen LogP contribution in [-0.2, 0) is 11.2 Å². The maximum absolute atomic E-state index is 13.7. The topological polar surface area (TPSA) is 162 Å². The standard InChI is InChI=1S/C31H35N7O5S/c1-17(2)25-29-37-26(19(4)43-29)28(41)33-18(3)30-35-23(16-44-30)27(40)34-22(12-20-8-6-5-7-9-20)14-38(15-24(39)36-25)31(42)21-10-11-32-13-21/h5-11,13,16-18,22,25,32H,12,14-15H2,1-4H3,(H,33,41)(H,34,40)(H,36,39)/t18-,22-,25+/m1/s1. The molecule has 0 radical (unpaired) electrons. The maximum atomic E-state index is 13.7. The molecule has 12 nitrogen and oxygen atoms in total. The average Bonchev–Trinajstić information content (AvgIpc) is 3.76. The van der Waals surface area contributed by atoms with E-state index in [1.165, 1.54) is 16.2 Å². The van der Waals surface area contributed by atoms with E-state index >= 15 is 0 Å². The Morgan fingerprint density at radius 1 is 1.07 bits per heavy atom. The summed E-state index contributed by atoms with van der Waals surface area (Å²) in [6.07, 6.45) is 3.60. The highest BCUT2D eigenvalue weighted by Gasteiger charge is 2.31. The SMILES string of the molecule is Cc1oc2nc1C(=O)N[C@H](C)c1nc(cs1)C(=O)N[C@H](Cc1ccccc1)CN(C(=O)c1cc[nH]c1)CC(=O)N[C@H]2C(C)C. The minimum atomic E-state index is -0.662. The molecule has 4 aromatic rings. The van der Waals surface area contributed by atoms with Crippen molar-refractivity contribution in [2.24, 2.45) is 5.92 Å². The number of nitrogens with zero attached hydrogens (tertiary/aromatic N) is 3. The first-order chi connectivity index (χ1) is 21.1. The van der Waals surface area contributed by atoms with Gasteiger partial charge in [0, 0.05) is 24.3 Å². The molecular weight excluding hydrogens is 582 g/mol. The number of amides is 4. The molecule has 0 unspecified atom stereocenters. The zero-order valence-electron chi connectivity index (χ0n) is 24.9. The summed E-state index contributed by atoms with van der Waals surface area (Å²) >= 11 is 1.25. The minimum Gasteiger partial charge on any atom is -0.443 e. The van der Waals surface area contributed by atoms with E-state index in [9.17, 15) is 19.2 Å². The van der Waals surface area contributed by atoms with Crippen LogP contribution in [0, 0.1) is 12.8 Å². The number of oxazole rings is 1. The van der Waals surface area contributed by atoms with Gasteiger partial charge in [-0.1, -0.05) is 44.2 Å². The molecule has 0 fully saturated rings. The zero-order chi connectivity index (χ0) is 31.4. The first-order valence-electron chi connectivity index (χ1n) is 14.4. The Labute approximate surface area is 258 Å². The Morgan fingerprint density at radius 2 is 1.84 bits per heavy atom. The van der Waals surface area contributed by atoms with E-state index in [1.807, 2.05) is 44.2 Å². The number of carbonyl (C=O) groups excluding carboxylic acids is 4. The van der Waals surface area contributed by atoms with Crippen LogP contribution in [0.15, 0.2) is 58.6 Å². The summed E-state index contributed by atoms with van der Waals surface area (Å²) in [5, 5.41) is 11.0. The maximum Gasteiger partial charge on any atom is 0.274 e. The van der Waals surface area contributed by atoms with Crippen LogP contribution in [0.5, 0.6) is 0 Å². The lowest BCUT2D eigenvalue weighted by Gasteiger charge is -2.29. The predicted molar refractivity (Wildman–Crippen MR) is 163 cm³/mol. The summed E-state index contributed by atoms with van der Waals surface area (Å²) < 4.78 is 5.88. The molecule has 0 spiro atoms. The number of carbonyl (C=O) groups is 4. The first kappa shape index (κ1) is 30.7. The van der Waals surface area contributed by atoms with Gasteiger partial charge in [0.15, 0.2) is 5.69 Å². The molecule has 3 atom stereocenters. The molecule has 44 heavy (non-hydrogen) atoms. The van der Waals surface area contributed by atoms with Gasteiger partial charge in [-0.3, -0.25) is 19.2 Å². The van der Waals surface area contributed by atoms with Crippen LogP contribution >= 0.6 is 11.3 Å². The minimum absolute atomic E-state index is 0.0517. The number of benzene rings is 1. The zero-order valence-corrected chi connectivity index (χ0v) is 25.7. The second kappa shape index (κ2) is 13.2. The third-order valence-corrected chi connectivity index (χ3v) is 8.34. The number of hydrogen-bond donors (Lipinski definition) is 4. The van der Waals surface area contributed by atoms with Crippen molar-refractivity contribution < 1.29 is 23.6 Å². The lowest BCUT2D eigenvalue weighted by Crippen LogP contribution is -2.50. The molecule has 0 saturated carbocycles. The summed E-state index contributed by atoms with van der Waals surface area (Å²) in [5.74, 6) is -1.37. The predicted octanol–water partition coefficient (Wildman–Crippen LogP) is 3.57. The molecule has 4 N–H and O–H groups in total. The van der Waals surface area contributed by atoms with E-state index in [4.69, 9.17) is 4.42 Å². The van der Waals surface area contributed by atoms with Gasteiger partial charge >= 0.3 is 0 Å². The van der Waals surface area contributed by atoms with Gasteiger partial charge in [0.2, 0.25) is 11.8 Å². The van der Waals surface area contributed by atoms with Crippen LogP contribution in [0.1, 0.15) is 86.4 Å². The summed E-state index contributed by atoms with van der Waals surface area (Å²) in [5.41, 5.74) is 1.60. The Morgan fingerprint density at radius 3 is 2.55 bits per heavy atom. The second-order valence-electron chi connectivity index (χ2n) is 11.2. The van der Waals surface area contributed by atoms with E-state index in [0.717, 1.165) is 5.56 Å². The van der Waals surface area contributed by atoms with Crippen molar-refractivity contribution in [2.45, 2.75) is 52.2 Å². The van der Waals surface area contributed by atoms with Gasteiger partial charge in [0.1, 0.15) is 22.5 Å². The lowest BCUT2D eigenvalue weighted by atomic mass is 10.0. The quantitative estimate of drug-likeness (QED) is 0.272. The molecule has 1 aliphatic rings. The van der Waals surface area contributed by atoms with E-state index in [2.05, 4.69) is 30.9 Å². The Balaban J connectivity index is 1.54. The van der Waals surface area contributed by atoms with Crippen molar-refractivity contribution in [1.29, 1.82) is 0 Å². The van der Waals surface area contributed by atoms with Gasteiger partial charge in [0.25, 0.3) is 17.7 Å². The third-order valence-electron chi connectivity index (χ3n) is 7.32. The number of hydrogen-bond acceptors (Lipinski definition) is 8. The molecule has 230 valence electrons. The van der Waals surface area contributed by atoms with Crippen molar-refractivity contribution in [3.05, 3.63) is 93.3 Å². The van der Waals surface area contributed by atoms with Crippen molar-refractivity contribution in [3.63, 3.8) is 0 Å². The number of rotatable bonds is 4. The number of aromatic nitrogens is 3. The number of thiazole rings is 1. The van der Waals surface area contributed by atoms with Gasteiger partial charge in [-0.05, 0) is 37.8 Å². The molecular formula is C31H35N7O5S. The molecule has 5 rings (SSSR count). The summed E-state index contributed by atoms with van der Waals surface area (Å²) in [7, 11) is 0. The van der Waals surface area contributed by atoms with E-state index < -0.39 is 35.8 Å². The molecule has 4 bridgehead atoms. The summed E-state index contributed by atoms with van der Waals surface area (Å²) in [6, 6.07) is 9.48. The molecule has 1 aliphatic heterocycles. The van der Waals surface area contributed by atoms with Gasteiger partial charge in [-0.25, -0.2) is 9.97 Å². The van der Waals surface area contributed by atoms with Crippen LogP contribution in [0.2, 0.25) is 0 Å². The molecule has 3 aromatic heterocycles. The Bertz CT molecular complexity index is 1630. The number of H-pyrrole nitrogens is 1. The Hall–Kier alpha value is -4.78. The van der Waals surface area contributed by atoms with Crippen LogP contribution in [0.4, 0.5) is 0 Å². The van der Waals surface area contributed by atoms with Gasteiger partial charge in [0.05, 0.1) is 24.2 Å². The fourth-order valence-electron chi connectivity index (χ4n) is 5.03. The van der Waals surface area contributed by atoms with Crippen LogP contribution in [0.25, 0.3) is 0 Å². The smallest absolute Gasteiger partial charge is 0.274 e. The molecule has 4 heterocycles. The molecule has 4 amide bonds. The fourth-order valence-corrected chi connectivity index (χ4v) is 5.83. The van der Waals surface area contributed by atoms with E-state index in [0.29, 0.717) is 22.8 Å². The third kappa shape index (κ3) is 7.05. The Kier molecular flexibility index (Phi) is 9.23. The normalized spacial score (nSPS) is 20.0. The van der Waals surface area contributed by atoms with Gasteiger partial charge < -0.3 is 30.3 Å². The number of fused-ring (bicyclic) bond motifs is 4. The molecule has 13 heteroatoms. The van der Waals surface area contributed by atoms with Crippen molar-refractivity contribution in [3.8, 4) is 0 Å².